The fourth-order valence-electron chi connectivity index (χ4n) is 2.09. The lowest BCUT2D eigenvalue weighted by Gasteiger charge is -2.27. The molecule has 3 N–H and O–H groups in total. The fraction of sp³-hybridized carbons (Fsp3) is 0.462. The molecule has 1 heterocycles. The lowest BCUT2D eigenvalue weighted by atomic mass is 9.96. The van der Waals surface area contributed by atoms with Gasteiger partial charge in [-0.2, -0.15) is 0 Å². The summed E-state index contributed by atoms with van der Waals surface area (Å²) < 4.78 is 5.58. The molecule has 1 aliphatic heterocycles. The minimum absolute atomic E-state index is 0.0137. The van der Waals surface area contributed by atoms with Gasteiger partial charge in [0.1, 0.15) is 5.75 Å². The van der Waals surface area contributed by atoms with Crippen LogP contribution in [0.2, 0.25) is 0 Å². The van der Waals surface area contributed by atoms with Crippen molar-refractivity contribution in [2.45, 2.75) is 32.4 Å². The smallest absolute Gasteiger partial charge is 0.217 e. The zero-order valence-electron chi connectivity index (χ0n) is 10.2. The van der Waals surface area contributed by atoms with Crippen LogP contribution in [0.3, 0.4) is 0 Å². The predicted molar refractivity (Wildman–Crippen MR) is 65.7 cm³/mol. The molecule has 0 aromatic heterocycles. The molecule has 0 radical (unpaired) electrons. The molecule has 92 valence electrons. The first-order chi connectivity index (χ1) is 8.08. The van der Waals surface area contributed by atoms with Crippen LogP contribution in [0.5, 0.6) is 5.75 Å². The molecule has 2 unspecified atom stereocenters. The number of hydrogen-bond donors (Lipinski definition) is 2. The second-order valence-electron chi connectivity index (χ2n) is 4.48. The van der Waals surface area contributed by atoms with E-state index in [2.05, 4.69) is 5.32 Å². The summed E-state index contributed by atoms with van der Waals surface area (Å²) in [7, 11) is 0. The molecule has 0 saturated heterocycles. The van der Waals surface area contributed by atoms with E-state index in [1.807, 2.05) is 25.1 Å². The van der Waals surface area contributed by atoms with Crippen molar-refractivity contribution < 1.29 is 9.53 Å². The Kier molecular flexibility index (Phi) is 3.33. The van der Waals surface area contributed by atoms with Crippen molar-refractivity contribution in [3.05, 3.63) is 29.3 Å². The second kappa shape index (κ2) is 4.75. The summed E-state index contributed by atoms with van der Waals surface area (Å²) >= 11 is 0. The zero-order chi connectivity index (χ0) is 12.4. The lowest BCUT2D eigenvalue weighted by molar-refractivity contribution is -0.119. The molecule has 2 atom stereocenters. The highest BCUT2D eigenvalue weighted by atomic mass is 16.5. The number of nitrogens with two attached hydrogens (primary N) is 1. The highest BCUT2D eigenvalue weighted by Crippen LogP contribution is 2.33. The van der Waals surface area contributed by atoms with E-state index < -0.39 is 0 Å². The molecule has 0 aliphatic carbocycles. The SMILES string of the molecule is CC(=O)NC1CCOc2ccc(C(C)N)cc21. The van der Waals surface area contributed by atoms with Gasteiger partial charge in [-0.25, -0.2) is 0 Å². The van der Waals surface area contributed by atoms with E-state index in [1.54, 1.807) is 0 Å². The van der Waals surface area contributed by atoms with Gasteiger partial charge in [0, 0.05) is 24.9 Å². The highest BCUT2D eigenvalue weighted by molar-refractivity contribution is 5.73. The maximum Gasteiger partial charge on any atom is 0.217 e. The average molecular weight is 234 g/mol. The number of fused-ring (bicyclic) bond motifs is 1. The van der Waals surface area contributed by atoms with Crippen molar-refractivity contribution in [1.82, 2.24) is 5.32 Å². The minimum Gasteiger partial charge on any atom is -0.493 e. The Hall–Kier alpha value is -1.55. The Labute approximate surface area is 101 Å². The summed E-state index contributed by atoms with van der Waals surface area (Å²) in [4.78, 5) is 11.2. The summed E-state index contributed by atoms with van der Waals surface area (Å²) in [6.45, 7) is 4.11. The van der Waals surface area contributed by atoms with Crippen LogP contribution in [0.1, 0.15) is 43.5 Å². The van der Waals surface area contributed by atoms with Gasteiger partial charge < -0.3 is 15.8 Å². The van der Waals surface area contributed by atoms with E-state index in [0.29, 0.717) is 6.61 Å². The van der Waals surface area contributed by atoms with Gasteiger partial charge in [-0.3, -0.25) is 4.79 Å². The van der Waals surface area contributed by atoms with E-state index >= 15 is 0 Å². The molecular formula is C13H18N2O2. The third-order valence-electron chi connectivity index (χ3n) is 2.98. The molecule has 1 aliphatic rings. The monoisotopic (exact) mass is 234 g/mol. The van der Waals surface area contributed by atoms with Crippen LogP contribution in [-0.4, -0.2) is 12.5 Å². The van der Waals surface area contributed by atoms with E-state index in [0.717, 1.165) is 23.3 Å². The molecule has 4 nitrogen and oxygen atoms in total. The van der Waals surface area contributed by atoms with Gasteiger partial charge in [0.15, 0.2) is 0 Å². The molecule has 2 rings (SSSR count). The number of amides is 1. The third kappa shape index (κ3) is 2.58. The Morgan fingerprint density at radius 1 is 1.59 bits per heavy atom. The van der Waals surface area contributed by atoms with E-state index in [1.165, 1.54) is 6.92 Å². The first-order valence-corrected chi connectivity index (χ1v) is 5.87. The highest BCUT2D eigenvalue weighted by Gasteiger charge is 2.22. The molecule has 0 saturated carbocycles. The topological polar surface area (TPSA) is 64.3 Å². The van der Waals surface area contributed by atoms with Crippen LogP contribution in [-0.2, 0) is 4.79 Å². The Morgan fingerprint density at radius 2 is 2.35 bits per heavy atom. The molecule has 0 spiro atoms. The maximum absolute atomic E-state index is 11.2. The van der Waals surface area contributed by atoms with Gasteiger partial charge in [-0.15, -0.1) is 0 Å². The largest absolute Gasteiger partial charge is 0.493 e. The molecule has 1 amide bonds. The summed E-state index contributed by atoms with van der Waals surface area (Å²) in [5.41, 5.74) is 7.95. The predicted octanol–water partition coefficient (Wildman–Crippen LogP) is 1.67. The first kappa shape index (κ1) is 11.9. The summed E-state index contributed by atoms with van der Waals surface area (Å²) in [5, 5.41) is 2.94. The molecule has 1 aromatic carbocycles. The van der Waals surface area contributed by atoms with Crippen LogP contribution < -0.4 is 15.8 Å². The molecule has 0 fully saturated rings. The average Bonchev–Trinajstić information content (AvgIpc) is 2.28. The number of carbonyl (C=O) groups excluding carboxylic acids is 1. The standard InChI is InChI=1S/C13H18N2O2/c1-8(14)10-3-4-13-11(7-10)12(5-6-17-13)15-9(2)16/h3-4,7-8,12H,5-6,14H2,1-2H3,(H,15,16). The molecule has 1 aromatic rings. The van der Waals surface area contributed by atoms with Gasteiger partial charge in [0.25, 0.3) is 0 Å². The maximum atomic E-state index is 11.2. The number of carbonyl (C=O) groups is 1. The Bertz CT molecular complexity index is 429. The molecule has 17 heavy (non-hydrogen) atoms. The minimum atomic E-state index is -0.0194. The normalized spacial score (nSPS) is 20.1. The van der Waals surface area contributed by atoms with Crippen molar-refractivity contribution >= 4 is 5.91 Å². The Balaban J connectivity index is 2.33. The molecule has 4 heteroatoms. The van der Waals surface area contributed by atoms with Crippen molar-refractivity contribution in [2.75, 3.05) is 6.61 Å². The number of ether oxygens (including phenoxy) is 1. The third-order valence-corrected chi connectivity index (χ3v) is 2.98. The van der Waals surface area contributed by atoms with Crippen molar-refractivity contribution in [3.8, 4) is 5.75 Å². The fourth-order valence-corrected chi connectivity index (χ4v) is 2.09. The van der Waals surface area contributed by atoms with Crippen LogP contribution in [0, 0.1) is 0 Å². The number of rotatable bonds is 2. The van der Waals surface area contributed by atoms with Gasteiger partial charge >= 0.3 is 0 Å². The lowest BCUT2D eigenvalue weighted by Crippen LogP contribution is -2.30. The van der Waals surface area contributed by atoms with Gasteiger partial charge in [-0.05, 0) is 24.6 Å². The summed E-state index contributed by atoms with van der Waals surface area (Å²) in [5.74, 6) is 0.827. The number of benzene rings is 1. The van der Waals surface area contributed by atoms with Crippen molar-refractivity contribution in [2.24, 2.45) is 5.73 Å². The van der Waals surface area contributed by atoms with Gasteiger partial charge in [0.05, 0.1) is 12.6 Å². The zero-order valence-corrected chi connectivity index (χ0v) is 10.2. The molecular weight excluding hydrogens is 216 g/mol. The van der Waals surface area contributed by atoms with E-state index in [4.69, 9.17) is 10.5 Å². The van der Waals surface area contributed by atoms with Crippen LogP contribution in [0.4, 0.5) is 0 Å². The number of hydrogen-bond acceptors (Lipinski definition) is 3. The first-order valence-electron chi connectivity index (χ1n) is 5.87. The van der Waals surface area contributed by atoms with Crippen LogP contribution in [0.25, 0.3) is 0 Å². The van der Waals surface area contributed by atoms with Crippen molar-refractivity contribution in [1.29, 1.82) is 0 Å². The van der Waals surface area contributed by atoms with Crippen LogP contribution in [0.15, 0.2) is 18.2 Å². The second-order valence-corrected chi connectivity index (χ2v) is 4.48. The quantitative estimate of drug-likeness (QED) is 0.818. The summed E-state index contributed by atoms with van der Waals surface area (Å²) in [6.07, 6.45) is 0.801. The van der Waals surface area contributed by atoms with Crippen LogP contribution >= 0.6 is 0 Å². The van der Waals surface area contributed by atoms with E-state index in [-0.39, 0.29) is 18.0 Å². The molecule has 0 bridgehead atoms. The van der Waals surface area contributed by atoms with Crippen molar-refractivity contribution in [3.63, 3.8) is 0 Å². The van der Waals surface area contributed by atoms with E-state index in [9.17, 15) is 4.79 Å². The van der Waals surface area contributed by atoms with Gasteiger partial charge in [0.2, 0.25) is 5.91 Å². The Morgan fingerprint density at radius 3 is 3.00 bits per heavy atom. The summed E-state index contributed by atoms with van der Waals surface area (Å²) in [6, 6.07) is 5.96. The van der Waals surface area contributed by atoms with Gasteiger partial charge in [-0.1, -0.05) is 6.07 Å². The number of nitrogens with one attached hydrogen (secondary N) is 1.